The summed E-state index contributed by atoms with van der Waals surface area (Å²) in [6.45, 7) is 5.70. The second kappa shape index (κ2) is 12.6. The van der Waals surface area contributed by atoms with Gasteiger partial charge in [-0.25, -0.2) is 4.98 Å². The normalized spacial score (nSPS) is 12.1. The molecule has 0 bridgehead atoms. The summed E-state index contributed by atoms with van der Waals surface area (Å²) >= 11 is 6.92. The Morgan fingerprint density at radius 2 is 1.92 bits per heavy atom. The van der Waals surface area contributed by atoms with E-state index in [1.165, 1.54) is 18.0 Å². The number of carbonyl (C=O) groups is 1. The second-order valence-electron chi connectivity index (χ2n) is 8.98. The van der Waals surface area contributed by atoms with Crippen molar-refractivity contribution in [2.45, 2.75) is 33.1 Å². The minimum Gasteiger partial charge on any atom is -0.493 e. The first-order valence-electron chi connectivity index (χ1n) is 12.3. The molecule has 0 aliphatic rings. The zero-order valence-corrected chi connectivity index (χ0v) is 25.2. The van der Waals surface area contributed by atoms with Gasteiger partial charge in [0.15, 0.2) is 18.1 Å². The summed E-state index contributed by atoms with van der Waals surface area (Å²) in [6, 6.07) is 16.4. The van der Waals surface area contributed by atoms with Gasteiger partial charge >= 0.3 is 0 Å². The fourth-order valence-corrected chi connectivity index (χ4v) is 4.74. The molecule has 4 aromatic rings. The van der Waals surface area contributed by atoms with E-state index in [1.807, 2.05) is 57.2 Å². The van der Waals surface area contributed by atoms with Gasteiger partial charge in [0, 0.05) is 26.1 Å². The second-order valence-corrected chi connectivity index (χ2v) is 10.8. The number of hydrogen-bond donors (Lipinski definition) is 1. The molecule has 0 spiro atoms. The van der Waals surface area contributed by atoms with Gasteiger partial charge in [-0.3, -0.25) is 9.59 Å². The number of carbonyl (C=O) groups excluding carboxylic acids is 1. The SMILES string of the molecule is CC[C@@H](C)c1nc2ccc(Br)cc2c(=O)n1N=Cc1cc(Br)cc(OC)c1OCC(=O)Nc1ccccc1C. The topological polar surface area (TPSA) is 94.8 Å². The van der Waals surface area contributed by atoms with E-state index in [2.05, 4.69) is 42.3 Å². The third-order valence-corrected chi connectivity index (χ3v) is 7.18. The van der Waals surface area contributed by atoms with E-state index in [0.29, 0.717) is 43.9 Å². The fraction of sp³-hybridized carbons (Fsp3) is 0.241. The van der Waals surface area contributed by atoms with Gasteiger partial charge in [0.05, 0.1) is 24.2 Å². The molecule has 1 aromatic heterocycles. The lowest BCUT2D eigenvalue weighted by Crippen LogP contribution is -2.24. The molecule has 4 rings (SSSR count). The molecule has 3 aromatic carbocycles. The standard InChI is InChI=1S/C29H28Br2N4O4/c1-5-17(2)28-34-24-11-10-20(30)13-22(24)29(37)35(28)32-15-19-12-21(31)14-25(38-4)27(19)39-16-26(36)33-23-9-7-6-8-18(23)3/h6-15,17H,5,16H2,1-4H3,(H,33,36)/t17-/m1/s1. The Morgan fingerprint density at radius 1 is 1.15 bits per heavy atom. The number of halogens is 2. The van der Waals surface area contributed by atoms with Crippen molar-refractivity contribution in [3.63, 3.8) is 0 Å². The molecule has 0 unspecified atom stereocenters. The van der Waals surface area contributed by atoms with Crippen molar-refractivity contribution in [3.8, 4) is 11.5 Å². The molecule has 0 aliphatic heterocycles. The third-order valence-electron chi connectivity index (χ3n) is 6.23. The molecule has 0 radical (unpaired) electrons. The van der Waals surface area contributed by atoms with E-state index in [9.17, 15) is 9.59 Å². The molecule has 10 heteroatoms. The number of fused-ring (bicyclic) bond motifs is 1. The van der Waals surface area contributed by atoms with Crippen LogP contribution in [0.5, 0.6) is 11.5 Å². The van der Waals surface area contributed by atoms with E-state index < -0.39 is 0 Å². The molecule has 0 saturated carbocycles. The van der Waals surface area contributed by atoms with Crippen molar-refractivity contribution in [2.75, 3.05) is 19.0 Å². The highest BCUT2D eigenvalue weighted by molar-refractivity contribution is 9.10. The van der Waals surface area contributed by atoms with E-state index in [1.54, 1.807) is 18.2 Å². The molecule has 1 N–H and O–H groups in total. The first kappa shape index (κ1) is 28.5. The summed E-state index contributed by atoms with van der Waals surface area (Å²) in [4.78, 5) is 30.9. The van der Waals surface area contributed by atoms with Crippen molar-refractivity contribution in [2.24, 2.45) is 5.10 Å². The van der Waals surface area contributed by atoms with Crippen molar-refractivity contribution in [1.82, 2.24) is 9.66 Å². The van der Waals surface area contributed by atoms with E-state index >= 15 is 0 Å². The van der Waals surface area contributed by atoms with Crippen LogP contribution in [0.2, 0.25) is 0 Å². The van der Waals surface area contributed by atoms with Gasteiger partial charge in [0.2, 0.25) is 0 Å². The van der Waals surface area contributed by atoms with Gasteiger partial charge in [0.25, 0.3) is 11.5 Å². The Labute approximate surface area is 243 Å². The summed E-state index contributed by atoms with van der Waals surface area (Å²) in [5.74, 6) is 0.941. The Hall–Kier alpha value is -3.50. The number of benzene rings is 3. The molecule has 1 atom stereocenters. The van der Waals surface area contributed by atoms with Crippen LogP contribution in [0.25, 0.3) is 10.9 Å². The van der Waals surface area contributed by atoms with Crippen LogP contribution in [-0.2, 0) is 4.79 Å². The van der Waals surface area contributed by atoms with Crippen LogP contribution >= 0.6 is 31.9 Å². The Morgan fingerprint density at radius 3 is 2.64 bits per heavy atom. The monoisotopic (exact) mass is 654 g/mol. The Kier molecular flexibility index (Phi) is 9.19. The van der Waals surface area contributed by atoms with Crippen LogP contribution in [-0.4, -0.2) is 35.5 Å². The number of amides is 1. The number of para-hydroxylation sites is 1. The van der Waals surface area contributed by atoms with Gasteiger partial charge < -0.3 is 14.8 Å². The largest absolute Gasteiger partial charge is 0.493 e. The minimum absolute atomic E-state index is 0.0131. The number of nitrogens with one attached hydrogen (secondary N) is 1. The van der Waals surface area contributed by atoms with Crippen LogP contribution in [0.3, 0.4) is 0 Å². The minimum atomic E-state index is -0.322. The fourth-order valence-electron chi connectivity index (χ4n) is 3.93. The van der Waals surface area contributed by atoms with Crippen LogP contribution in [0.15, 0.2) is 73.4 Å². The average molecular weight is 656 g/mol. The summed E-state index contributed by atoms with van der Waals surface area (Å²) in [6.07, 6.45) is 2.29. The molecule has 202 valence electrons. The molecule has 1 heterocycles. The summed E-state index contributed by atoms with van der Waals surface area (Å²) in [5.41, 5.74) is 2.50. The number of rotatable bonds is 9. The van der Waals surface area contributed by atoms with Crippen LogP contribution in [0, 0.1) is 6.92 Å². The van der Waals surface area contributed by atoms with Gasteiger partial charge in [0.1, 0.15) is 5.82 Å². The zero-order valence-electron chi connectivity index (χ0n) is 22.0. The first-order chi connectivity index (χ1) is 18.7. The van der Waals surface area contributed by atoms with Crippen LogP contribution < -0.4 is 20.3 Å². The molecule has 8 nitrogen and oxygen atoms in total. The Bertz CT molecular complexity index is 1620. The predicted octanol–water partition coefficient (Wildman–Crippen LogP) is 6.65. The lowest BCUT2D eigenvalue weighted by molar-refractivity contribution is -0.118. The predicted molar refractivity (Wildman–Crippen MR) is 161 cm³/mol. The van der Waals surface area contributed by atoms with Crippen molar-refractivity contribution < 1.29 is 14.3 Å². The lowest BCUT2D eigenvalue weighted by Gasteiger charge is -2.16. The Balaban J connectivity index is 1.71. The molecular formula is C29H28Br2N4O4. The highest BCUT2D eigenvalue weighted by Crippen LogP contribution is 2.34. The highest BCUT2D eigenvalue weighted by Gasteiger charge is 2.18. The first-order valence-corrected chi connectivity index (χ1v) is 13.9. The third kappa shape index (κ3) is 6.57. The lowest BCUT2D eigenvalue weighted by atomic mass is 10.1. The summed E-state index contributed by atoms with van der Waals surface area (Å²) < 4.78 is 14.3. The molecule has 39 heavy (non-hydrogen) atoms. The van der Waals surface area contributed by atoms with Crippen molar-refractivity contribution in [1.29, 1.82) is 0 Å². The number of nitrogens with zero attached hydrogens (tertiary/aromatic N) is 3. The maximum Gasteiger partial charge on any atom is 0.282 e. The number of anilines is 1. The number of ether oxygens (including phenoxy) is 2. The van der Waals surface area contributed by atoms with E-state index in [0.717, 1.165) is 16.5 Å². The van der Waals surface area contributed by atoms with Crippen molar-refractivity contribution >= 4 is 60.6 Å². The molecule has 0 aliphatic carbocycles. The summed E-state index contributed by atoms with van der Waals surface area (Å²) in [5, 5.41) is 7.86. The molecule has 0 saturated heterocycles. The quantitative estimate of drug-likeness (QED) is 0.204. The van der Waals surface area contributed by atoms with Crippen LogP contribution in [0.4, 0.5) is 5.69 Å². The number of aryl methyl sites for hydroxylation is 1. The zero-order chi connectivity index (χ0) is 28.1. The van der Waals surface area contributed by atoms with E-state index in [-0.39, 0.29) is 24.0 Å². The summed E-state index contributed by atoms with van der Waals surface area (Å²) in [7, 11) is 1.51. The van der Waals surface area contributed by atoms with Gasteiger partial charge in [-0.15, -0.1) is 0 Å². The van der Waals surface area contributed by atoms with Crippen LogP contribution in [0.1, 0.15) is 43.1 Å². The van der Waals surface area contributed by atoms with Gasteiger partial charge in [-0.2, -0.15) is 9.78 Å². The van der Waals surface area contributed by atoms with Gasteiger partial charge in [-0.05, 0) is 55.3 Å². The number of hydrogen-bond acceptors (Lipinski definition) is 6. The number of aromatic nitrogens is 2. The van der Waals surface area contributed by atoms with Gasteiger partial charge in [-0.1, -0.05) is 63.9 Å². The maximum atomic E-state index is 13.5. The maximum absolute atomic E-state index is 13.5. The average Bonchev–Trinajstić information content (AvgIpc) is 2.92. The smallest absolute Gasteiger partial charge is 0.282 e. The highest BCUT2D eigenvalue weighted by atomic mass is 79.9. The molecule has 1 amide bonds. The number of methoxy groups -OCH3 is 1. The molecular weight excluding hydrogens is 628 g/mol. The molecule has 0 fully saturated rings. The van der Waals surface area contributed by atoms with Crippen molar-refractivity contribution in [3.05, 3.63) is 90.8 Å². The van der Waals surface area contributed by atoms with E-state index in [4.69, 9.17) is 14.5 Å².